The fourth-order valence-electron chi connectivity index (χ4n) is 1.54. The van der Waals surface area contributed by atoms with Gasteiger partial charge in [-0.1, -0.05) is 5.16 Å². The Labute approximate surface area is 117 Å². The quantitative estimate of drug-likeness (QED) is 0.632. The molecule has 0 fully saturated rings. The van der Waals surface area contributed by atoms with E-state index >= 15 is 0 Å². The monoisotopic (exact) mass is 294 g/mol. The second kappa shape index (κ2) is 5.90. The zero-order chi connectivity index (χ0) is 15.4. The van der Waals surface area contributed by atoms with Crippen molar-refractivity contribution in [2.45, 2.75) is 6.61 Å². The van der Waals surface area contributed by atoms with Gasteiger partial charge < -0.3 is 19.1 Å². The lowest BCUT2D eigenvalue weighted by Crippen LogP contribution is -1.98. The van der Waals surface area contributed by atoms with Crippen LogP contribution >= 0.6 is 0 Å². The predicted octanol–water partition coefficient (Wildman–Crippen LogP) is 1.87. The number of carboxylic acid groups (broad SMARTS) is 1. The van der Waals surface area contributed by atoms with E-state index in [1.54, 1.807) is 0 Å². The molecule has 1 aromatic heterocycles. The number of carbonyl (C=O) groups is 1. The van der Waals surface area contributed by atoms with Crippen LogP contribution in [0.3, 0.4) is 0 Å². The maximum atomic E-state index is 10.9. The lowest BCUT2D eigenvalue weighted by Gasteiger charge is -2.06. The molecule has 110 valence electrons. The summed E-state index contributed by atoms with van der Waals surface area (Å²) >= 11 is 0. The molecular weight excluding hydrogens is 284 g/mol. The molecule has 0 radical (unpaired) electrons. The highest BCUT2D eigenvalue weighted by Crippen LogP contribution is 2.31. The Balaban J connectivity index is 2.10. The van der Waals surface area contributed by atoms with Crippen LogP contribution in [0.1, 0.15) is 16.2 Å². The van der Waals surface area contributed by atoms with Gasteiger partial charge in [-0.2, -0.15) is 0 Å². The van der Waals surface area contributed by atoms with E-state index in [-0.39, 0.29) is 35.2 Å². The van der Waals surface area contributed by atoms with Gasteiger partial charge in [-0.25, -0.2) is 4.79 Å². The molecular formula is C12H10N2O7. The Morgan fingerprint density at radius 3 is 2.81 bits per heavy atom. The average molecular weight is 294 g/mol. The lowest BCUT2D eigenvalue weighted by atomic mass is 10.3. The highest BCUT2D eigenvalue weighted by molar-refractivity contribution is 5.85. The van der Waals surface area contributed by atoms with Crippen LogP contribution < -0.4 is 9.47 Å². The Morgan fingerprint density at radius 2 is 2.24 bits per heavy atom. The van der Waals surface area contributed by atoms with E-state index in [0.29, 0.717) is 0 Å². The summed E-state index contributed by atoms with van der Waals surface area (Å²) in [4.78, 5) is 20.9. The molecule has 0 spiro atoms. The lowest BCUT2D eigenvalue weighted by molar-refractivity contribution is -0.385. The van der Waals surface area contributed by atoms with Gasteiger partial charge in [0.25, 0.3) is 0 Å². The largest absolute Gasteiger partial charge is 0.490 e. The highest BCUT2D eigenvalue weighted by atomic mass is 16.6. The van der Waals surface area contributed by atoms with Gasteiger partial charge in [0.05, 0.1) is 18.1 Å². The Bertz CT molecular complexity index is 680. The molecule has 2 aromatic rings. The van der Waals surface area contributed by atoms with Crippen molar-refractivity contribution in [3.05, 3.63) is 45.8 Å². The summed E-state index contributed by atoms with van der Waals surface area (Å²) in [5.74, 6) is -0.702. The van der Waals surface area contributed by atoms with Gasteiger partial charge in [0, 0.05) is 6.07 Å². The Hall–Kier alpha value is -3.10. The van der Waals surface area contributed by atoms with Gasteiger partial charge in [-0.05, 0) is 12.1 Å². The molecule has 1 heterocycles. The SMILES string of the molecule is COc1ccc(OCc2cc(C(=O)O)no2)cc1[N+](=O)[O-]. The zero-order valence-corrected chi connectivity index (χ0v) is 10.8. The Kier molecular flexibility index (Phi) is 4.02. The van der Waals surface area contributed by atoms with Gasteiger partial charge in [-0.15, -0.1) is 0 Å². The number of aromatic carboxylic acids is 1. The second-order valence-corrected chi connectivity index (χ2v) is 3.86. The molecule has 1 N–H and O–H groups in total. The first-order valence-corrected chi connectivity index (χ1v) is 5.65. The Morgan fingerprint density at radius 1 is 1.48 bits per heavy atom. The first-order valence-electron chi connectivity index (χ1n) is 5.65. The summed E-state index contributed by atoms with van der Waals surface area (Å²) in [7, 11) is 1.32. The normalized spacial score (nSPS) is 10.1. The minimum atomic E-state index is -1.22. The van der Waals surface area contributed by atoms with Crippen LogP contribution in [0.15, 0.2) is 28.8 Å². The molecule has 0 saturated carbocycles. The summed E-state index contributed by atoms with van der Waals surface area (Å²) in [6.07, 6.45) is 0. The number of methoxy groups -OCH3 is 1. The van der Waals surface area contributed by atoms with Gasteiger partial charge in [0.2, 0.25) is 0 Å². The predicted molar refractivity (Wildman–Crippen MR) is 67.4 cm³/mol. The number of aromatic nitrogens is 1. The van der Waals surface area contributed by atoms with Crippen LogP contribution in [0.5, 0.6) is 11.5 Å². The van der Waals surface area contributed by atoms with Crippen molar-refractivity contribution >= 4 is 11.7 Å². The molecule has 0 bridgehead atoms. The molecule has 9 nitrogen and oxygen atoms in total. The van der Waals surface area contributed by atoms with E-state index in [1.807, 2.05) is 0 Å². The summed E-state index contributed by atoms with van der Waals surface area (Å²) in [6, 6.07) is 5.30. The van der Waals surface area contributed by atoms with Crippen LogP contribution in [-0.2, 0) is 6.61 Å². The van der Waals surface area contributed by atoms with E-state index in [2.05, 4.69) is 5.16 Å². The third-order valence-electron chi connectivity index (χ3n) is 2.51. The van der Waals surface area contributed by atoms with Crippen molar-refractivity contribution in [3.63, 3.8) is 0 Å². The second-order valence-electron chi connectivity index (χ2n) is 3.86. The van der Waals surface area contributed by atoms with Gasteiger partial charge in [0.1, 0.15) is 12.4 Å². The van der Waals surface area contributed by atoms with Gasteiger partial charge in [0.15, 0.2) is 17.2 Å². The number of nitro benzene ring substituents is 1. The average Bonchev–Trinajstić information content (AvgIpc) is 2.94. The fraction of sp³-hybridized carbons (Fsp3) is 0.167. The molecule has 0 aliphatic carbocycles. The number of ether oxygens (including phenoxy) is 2. The van der Waals surface area contributed by atoms with E-state index < -0.39 is 10.9 Å². The number of hydrogen-bond acceptors (Lipinski definition) is 7. The minimum Gasteiger partial charge on any atom is -0.490 e. The fourth-order valence-corrected chi connectivity index (χ4v) is 1.54. The third-order valence-corrected chi connectivity index (χ3v) is 2.51. The van der Waals surface area contributed by atoms with Crippen molar-refractivity contribution in [2.24, 2.45) is 0 Å². The minimum absolute atomic E-state index is 0.107. The summed E-state index contributed by atoms with van der Waals surface area (Å²) in [6.45, 7) is -0.107. The third kappa shape index (κ3) is 3.26. The molecule has 21 heavy (non-hydrogen) atoms. The molecule has 0 atom stereocenters. The van der Waals surface area contributed by atoms with Crippen LogP contribution in [0.4, 0.5) is 5.69 Å². The maximum absolute atomic E-state index is 10.9. The number of nitro groups is 1. The summed E-state index contributed by atoms with van der Waals surface area (Å²) < 4.78 is 14.9. The van der Waals surface area contributed by atoms with Crippen molar-refractivity contribution in [1.29, 1.82) is 0 Å². The van der Waals surface area contributed by atoms with Crippen molar-refractivity contribution < 1.29 is 28.8 Å². The first-order chi connectivity index (χ1) is 10.0. The number of rotatable bonds is 6. The van der Waals surface area contributed by atoms with Crippen LogP contribution in [0, 0.1) is 10.1 Å². The van der Waals surface area contributed by atoms with E-state index in [0.717, 1.165) is 0 Å². The van der Waals surface area contributed by atoms with Crippen molar-refractivity contribution in [2.75, 3.05) is 7.11 Å². The number of nitrogens with zero attached hydrogens (tertiary/aromatic N) is 2. The molecule has 2 rings (SSSR count). The topological polar surface area (TPSA) is 125 Å². The van der Waals surface area contributed by atoms with Crippen molar-refractivity contribution in [1.82, 2.24) is 5.16 Å². The maximum Gasteiger partial charge on any atom is 0.358 e. The molecule has 0 aliphatic heterocycles. The van der Waals surface area contributed by atoms with E-state index in [9.17, 15) is 14.9 Å². The number of hydrogen-bond donors (Lipinski definition) is 1. The van der Waals surface area contributed by atoms with E-state index in [1.165, 1.54) is 31.4 Å². The standard InChI is InChI=1S/C12H10N2O7/c1-19-11-3-2-7(5-10(11)14(17)18)20-6-8-4-9(12(15)16)13-21-8/h2-5H,6H2,1H3,(H,15,16). The van der Waals surface area contributed by atoms with Crippen LogP contribution in [-0.4, -0.2) is 28.3 Å². The smallest absolute Gasteiger partial charge is 0.358 e. The molecule has 0 unspecified atom stereocenters. The molecule has 0 saturated heterocycles. The number of carboxylic acids is 1. The van der Waals surface area contributed by atoms with E-state index in [4.69, 9.17) is 19.1 Å². The highest BCUT2D eigenvalue weighted by Gasteiger charge is 2.16. The molecule has 1 aromatic carbocycles. The van der Waals surface area contributed by atoms with Crippen LogP contribution in [0.25, 0.3) is 0 Å². The van der Waals surface area contributed by atoms with Crippen molar-refractivity contribution in [3.8, 4) is 11.5 Å². The zero-order valence-electron chi connectivity index (χ0n) is 10.8. The van der Waals surface area contributed by atoms with Gasteiger partial charge in [-0.3, -0.25) is 10.1 Å². The molecule has 0 amide bonds. The summed E-state index contributed by atoms with van der Waals surface area (Å²) in [5, 5.41) is 22.9. The van der Waals surface area contributed by atoms with Gasteiger partial charge >= 0.3 is 11.7 Å². The molecule has 0 aliphatic rings. The first kappa shape index (κ1) is 14.3. The van der Waals surface area contributed by atoms with Crippen LogP contribution in [0.2, 0.25) is 0 Å². The molecule has 9 heteroatoms. The number of benzene rings is 1. The summed E-state index contributed by atoms with van der Waals surface area (Å²) in [5.41, 5.74) is -0.479.